The number of benzene rings is 3. The molecule has 0 unspecified atom stereocenters. The van der Waals surface area contributed by atoms with Gasteiger partial charge < -0.3 is 15.2 Å². The maximum Gasteiger partial charge on any atom is 0.307 e. The molecule has 0 aromatic heterocycles. The highest BCUT2D eigenvalue weighted by Gasteiger charge is 2.06. The van der Waals surface area contributed by atoms with Crippen molar-refractivity contribution < 1.29 is 19.4 Å². The Kier molecular flexibility index (Phi) is 9.52. The summed E-state index contributed by atoms with van der Waals surface area (Å²) in [7, 11) is 0. The second kappa shape index (κ2) is 13.1. The van der Waals surface area contributed by atoms with Crippen LogP contribution in [0.4, 0.5) is 5.69 Å². The van der Waals surface area contributed by atoms with E-state index in [0.29, 0.717) is 30.7 Å². The summed E-state index contributed by atoms with van der Waals surface area (Å²) in [6, 6.07) is 25.4. The maximum absolute atomic E-state index is 12.3. The van der Waals surface area contributed by atoms with Gasteiger partial charge in [-0.2, -0.15) is 0 Å². The van der Waals surface area contributed by atoms with Crippen LogP contribution in [0.25, 0.3) is 0 Å². The summed E-state index contributed by atoms with van der Waals surface area (Å²) in [5.74, 6) is -0.145. The first-order valence-electron chi connectivity index (χ1n) is 11.4. The molecule has 0 saturated carbocycles. The van der Waals surface area contributed by atoms with Crippen molar-refractivity contribution in [2.45, 2.75) is 44.9 Å². The monoisotopic (exact) mass is 445 g/mol. The van der Waals surface area contributed by atoms with Crippen LogP contribution < -0.4 is 10.1 Å². The summed E-state index contributed by atoms with van der Waals surface area (Å²) in [5.41, 5.74) is 3.73. The van der Waals surface area contributed by atoms with Gasteiger partial charge in [-0.25, -0.2) is 0 Å². The second-order valence-corrected chi connectivity index (χ2v) is 8.11. The quantitative estimate of drug-likeness (QED) is 0.332. The van der Waals surface area contributed by atoms with E-state index in [9.17, 15) is 9.59 Å². The molecule has 0 fully saturated rings. The zero-order valence-electron chi connectivity index (χ0n) is 18.8. The Balaban J connectivity index is 1.32. The predicted octanol–water partition coefficient (Wildman–Crippen LogP) is 5.68. The van der Waals surface area contributed by atoms with Crippen LogP contribution in [-0.2, 0) is 28.9 Å². The number of hydrogen-bond donors (Lipinski definition) is 2. The van der Waals surface area contributed by atoms with Gasteiger partial charge in [-0.15, -0.1) is 0 Å². The van der Waals surface area contributed by atoms with E-state index in [-0.39, 0.29) is 12.3 Å². The molecule has 5 nitrogen and oxygen atoms in total. The SMILES string of the molecule is O=C(O)Cc1cccc(NC(=O)CCc2ccc(OCCCCCc3ccccc3)cc2)c1. The molecule has 0 radical (unpaired) electrons. The van der Waals surface area contributed by atoms with Crippen molar-refractivity contribution >= 4 is 17.6 Å². The number of aryl methyl sites for hydroxylation is 2. The Morgan fingerprint density at radius 2 is 1.48 bits per heavy atom. The van der Waals surface area contributed by atoms with Crippen molar-refractivity contribution in [2.24, 2.45) is 0 Å². The van der Waals surface area contributed by atoms with Crippen LogP contribution in [0.3, 0.4) is 0 Å². The number of anilines is 1. The van der Waals surface area contributed by atoms with Gasteiger partial charge >= 0.3 is 5.97 Å². The van der Waals surface area contributed by atoms with Gasteiger partial charge in [0, 0.05) is 12.1 Å². The number of hydrogen-bond acceptors (Lipinski definition) is 3. The van der Waals surface area contributed by atoms with Crippen molar-refractivity contribution in [2.75, 3.05) is 11.9 Å². The van der Waals surface area contributed by atoms with Gasteiger partial charge in [-0.05, 0) is 73.1 Å². The predicted molar refractivity (Wildman–Crippen MR) is 131 cm³/mol. The van der Waals surface area contributed by atoms with Crippen molar-refractivity contribution in [3.8, 4) is 5.75 Å². The minimum atomic E-state index is -0.894. The number of ether oxygens (including phenoxy) is 1. The van der Waals surface area contributed by atoms with E-state index < -0.39 is 5.97 Å². The highest BCUT2D eigenvalue weighted by molar-refractivity contribution is 5.91. The molecule has 0 aliphatic carbocycles. The Hall–Kier alpha value is -3.60. The van der Waals surface area contributed by atoms with Crippen LogP contribution in [0.1, 0.15) is 42.4 Å². The average molecular weight is 446 g/mol. The van der Waals surface area contributed by atoms with Crippen LogP contribution in [-0.4, -0.2) is 23.6 Å². The lowest BCUT2D eigenvalue weighted by Crippen LogP contribution is -2.12. The molecule has 0 bridgehead atoms. The van der Waals surface area contributed by atoms with Gasteiger partial charge in [0.25, 0.3) is 0 Å². The molecule has 3 aromatic carbocycles. The molecule has 0 aliphatic rings. The Morgan fingerprint density at radius 1 is 0.758 bits per heavy atom. The Labute approximate surface area is 195 Å². The molecule has 0 spiro atoms. The van der Waals surface area contributed by atoms with Crippen molar-refractivity contribution in [3.63, 3.8) is 0 Å². The van der Waals surface area contributed by atoms with Crippen molar-refractivity contribution in [1.82, 2.24) is 0 Å². The fourth-order valence-electron chi connectivity index (χ4n) is 3.61. The van der Waals surface area contributed by atoms with Gasteiger partial charge in [0.2, 0.25) is 5.91 Å². The minimum absolute atomic E-state index is 0.0637. The molecule has 0 aliphatic heterocycles. The van der Waals surface area contributed by atoms with E-state index in [0.717, 1.165) is 37.0 Å². The van der Waals surface area contributed by atoms with Gasteiger partial charge in [0.05, 0.1) is 13.0 Å². The number of aliphatic carboxylic acids is 1. The molecule has 0 saturated heterocycles. The highest BCUT2D eigenvalue weighted by Crippen LogP contribution is 2.16. The Morgan fingerprint density at radius 3 is 2.24 bits per heavy atom. The first-order valence-corrected chi connectivity index (χ1v) is 11.4. The minimum Gasteiger partial charge on any atom is -0.494 e. The zero-order valence-corrected chi connectivity index (χ0v) is 18.8. The summed E-state index contributed by atoms with van der Waals surface area (Å²) in [6.07, 6.45) is 5.36. The molecule has 172 valence electrons. The highest BCUT2D eigenvalue weighted by atomic mass is 16.5. The third-order valence-corrected chi connectivity index (χ3v) is 5.35. The molecular formula is C28H31NO4. The second-order valence-electron chi connectivity index (χ2n) is 8.11. The average Bonchev–Trinajstić information content (AvgIpc) is 2.81. The fourth-order valence-corrected chi connectivity index (χ4v) is 3.61. The summed E-state index contributed by atoms with van der Waals surface area (Å²) < 4.78 is 5.84. The molecule has 33 heavy (non-hydrogen) atoms. The lowest BCUT2D eigenvalue weighted by molar-refractivity contribution is -0.136. The van der Waals surface area contributed by atoms with Gasteiger partial charge in [-0.3, -0.25) is 9.59 Å². The summed E-state index contributed by atoms with van der Waals surface area (Å²) in [4.78, 5) is 23.1. The van der Waals surface area contributed by atoms with E-state index in [2.05, 4.69) is 29.6 Å². The number of carboxylic acids is 1. The zero-order chi connectivity index (χ0) is 23.3. The Bertz CT molecular complexity index is 1020. The number of rotatable bonds is 13. The topological polar surface area (TPSA) is 75.6 Å². The lowest BCUT2D eigenvalue weighted by atomic mass is 10.1. The number of carboxylic acid groups (broad SMARTS) is 1. The molecule has 0 atom stereocenters. The van der Waals surface area contributed by atoms with Crippen LogP contribution in [0.15, 0.2) is 78.9 Å². The van der Waals surface area contributed by atoms with E-state index in [1.807, 2.05) is 30.3 Å². The molecule has 3 aromatic rings. The number of nitrogens with one attached hydrogen (secondary N) is 1. The smallest absolute Gasteiger partial charge is 0.307 e. The number of unbranched alkanes of at least 4 members (excludes halogenated alkanes) is 2. The van der Waals surface area contributed by atoms with Gasteiger partial charge in [0.1, 0.15) is 5.75 Å². The van der Waals surface area contributed by atoms with Crippen molar-refractivity contribution in [3.05, 3.63) is 95.6 Å². The normalized spacial score (nSPS) is 10.5. The standard InChI is InChI=1S/C28H31NO4/c30-27(29-25-12-7-11-24(20-25)21-28(31)32)18-15-23-13-16-26(17-14-23)33-19-6-2-5-10-22-8-3-1-4-9-22/h1,3-4,7-9,11-14,16-17,20H,2,5-6,10,15,18-19,21H2,(H,29,30)(H,31,32). The van der Waals surface area contributed by atoms with E-state index in [4.69, 9.17) is 9.84 Å². The maximum atomic E-state index is 12.3. The molecule has 1 amide bonds. The van der Waals surface area contributed by atoms with Crippen LogP contribution in [0, 0.1) is 0 Å². The summed E-state index contributed by atoms with van der Waals surface area (Å²) >= 11 is 0. The summed E-state index contributed by atoms with van der Waals surface area (Å²) in [5, 5.41) is 11.7. The number of carbonyl (C=O) groups excluding carboxylic acids is 1. The largest absolute Gasteiger partial charge is 0.494 e. The van der Waals surface area contributed by atoms with Crippen LogP contribution in [0.5, 0.6) is 5.75 Å². The summed E-state index contributed by atoms with van der Waals surface area (Å²) in [6.45, 7) is 0.706. The molecule has 0 heterocycles. The van der Waals surface area contributed by atoms with Crippen LogP contribution >= 0.6 is 0 Å². The van der Waals surface area contributed by atoms with Gasteiger partial charge in [-0.1, -0.05) is 54.6 Å². The van der Waals surface area contributed by atoms with E-state index in [1.165, 1.54) is 5.56 Å². The van der Waals surface area contributed by atoms with Gasteiger partial charge in [0.15, 0.2) is 0 Å². The lowest BCUT2D eigenvalue weighted by Gasteiger charge is -2.09. The number of carbonyl (C=O) groups is 2. The molecule has 2 N–H and O–H groups in total. The fraction of sp³-hybridized carbons (Fsp3) is 0.286. The van der Waals surface area contributed by atoms with E-state index >= 15 is 0 Å². The van der Waals surface area contributed by atoms with Crippen LogP contribution in [0.2, 0.25) is 0 Å². The molecular weight excluding hydrogens is 414 g/mol. The van der Waals surface area contributed by atoms with Crippen molar-refractivity contribution in [1.29, 1.82) is 0 Å². The molecule has 3 rings (SSSR count). The molecule has 5 heteroatoms. The number of amides is 1. The third-order valence-electron chi connectivity index (χ3n) is 5.35. The first-order chi connectivity index (χ1) is 16.1. The van der Waals surface area contributed by atoms with E-state index in [1.54, 1.807) is 24.3 Å². The first kappa shape index (κ1) is 24.1. The third kappa shape index (κ3) is 9.19.